The van der Waals surface area contributed by atoms with Gasteiger partial charge in [-0.15, -0.1) is 0 Å². The molecular formula is C9H16F2N2O. The van der Waals surface area contributed by atoms with Crippen LogP contribution in [0.15, 0.2) is 0 Å². The molecule has 0 aliphatic heterocycles. The van der Waals surface area contributed by atoms with Crippen LogP contribution >= 0.6 is 0 Å². The average molecular weight is 206 g/mol. The highest BCUT2D eigenvalue weighted by molar-refractivity contribution is 5.81. The first kappa shape index (κ1) is 11.4. The van der Waals surface area contributed by atoms with E-state index in [0.717, 1.165) is 0 Å². The molecule has 1 fully saturated rings. The summed E-state index contributed by atoms with van der Waals surface area (Å²) in [5.74, 6) is -2.98. The number of nitrogens with two attached hydrogens (primary N) is 1. The Morgan fingerprint density at radius 2 is 2.29 bits per heavy atom. The van der Waals surface area contributed by atoms with Gasteiger partial charge in [0.25, 0.3) is 0 Å². The van der Waals surface area contributed by atoms with Crippen molar-refractivity contribution in [3.05, 3.63) is 0 Å². The molecule has 0 aromatic carbocycles. The first-order chi connectivity index (χ1) is 6.41. The fraction of sp³-hybridized carbons (Fsp3) is 0.889. The van der Waals surface area contributed by atoms with Crippen LogP contribution in [0, 0.1) is 0 Å². The SMILES string of the molecule is CC(N)C(=O)NC1CCCC(F)(F)C1. The van der Waals surface area contributed by atoms with Crippen molar-refractivity contribution in [2.45, 2.75) is 50.6 Å². The van der Waals surface area contributed by atoms with Gasteiger partial charge in [-0.25, -0.2) is 8.78 Å². The van der Waals surface area contributed by atoms with E-state index in [-0.39, 0.29) is 18.7 Å². The predicted molar refractivity (Wildman–Crippen MR) is 49.0 cm³/mol. The van der Waals surface area contributed by atoms with Crippen LogP contribution in [-0.2, 0) is 4.79 Å². The van der Waals surface area contributed by atoms with Gasteiger partial charge in [-0.05, 0) is 19.8 Å². The number of nitrogens with one attached hydrogen (secondary N) is 1. The predicted octanol–water partition coefficient (Wildman–Crippen LogP) is 1.03. The summed E-state index contributed by atoms with van der Waals surface area (Å²) in [5.41, 5.74) is 5.32. The molecule has 0 spiro atoms. The number of halogens is 2. The Morgan fingerprint density at radius 3 is 2.79 bits per heavy atom. The molecule has 3 N–H and O–H groups in total. The maximum absolute atomic E-state index is 12.9. The number of carbonyl (C=O) groups excluding carboxylic acids is 1. The molecule has 1 aliphatic rings. The van der Waals surface area contributed by atoms with Gasteiger partial charge in [0.1, 0.15) is 0 Å². The van der Waals surface area contributed by atoms with Crippen LogP contribution in [0.2, 0.25) is 0 Å². The summed E-state index contributed by atoms with van der Waals surface area (Å²) in [7, 11) is 0. The van der Waals surface area contributed by atoms with Crippen molar-refractivity contribution in [3.63, 3.8) is 0 Å². The molecule has 0 heterocycles. The molecule has 3 nitrogen and oxygen atoms in total. The van der Waals surface area contributed by atoms with Crippen LogP contribution in [0.4, 0.5) is 8.78 Å². The number of amides is 1. The summed E-state index contributed by atoms with van der Waals surface area (Å²) >= 11 is 0. The van der Waals surface area contributed by atoms with Crippen LogP contribution in [0.1, 0.15) is 32.6 Å². The zero-order valence-electron chi connectivity index (χ0n) is 8.22. The first-order valence-electron chi connectivity index (χ1n) is 4.84. The van der Waals surface area contributed by atoms with E-state index in [1.54, 1.807) is 0 Å². The van der Waals surface area contributed by atoms with Gasteiger partial charge in [-0.1, -0.05) is 0 Å². The molecular weight excluding hydrogens is 190 g/mol. The molecule has 0 aromatic heterocycles. The van der Waals surface area contributed by atoms with Crippen LogP contribution < -0.4 is 11.1 Å². The molecule has 0 aromatic rings. The largest absolute Gasteiger partial charge is 0.352 e. The van der Waals surface area contributed by atoms with Crippen molar-refractivity contribution < 1.29 is 13.6 Å². The van der Waals surface area contributed by atoms with Gasteiger partial charge in [-0.3, -0.25) is 4.79 Å². The number of hydrogen-bond donors (Lipinski definition) is 2. The van der Waals surface area contributed by atoms with Gasteiger partial charge in [0.2, 0.25) is 11.8 Å². The quantitative estimate of drug-likeness (QED) is 0.709. The first-order valence-corrected chi connectivity index (χ1v) is 4.84. The van der Waals surface area contributed by atoms with Crippen molar-refractivity contribution in [2.75, 3.05) is 0 Å². The van der Waals surface area contributed by atoms with Crippen LogP contribution in [0.5, 0.6) is 0 Å². The van der Waals surface area contributed by atoms with Crippen LogP contribution in [0.25, 0.3) is 0 Å². The maximum atomic E-state index is 12.9. The molecule has 5 heteroatoms. The second-order valence-electron chi connectivity index (χ2n) is 3.95. The number of alkyl halides is 2. The lowest BCUT2D eigenvalue weighted by molar-refractivity contribution is -0.124. The molecule has 2 atom stereocenters. The lowest BCUT2D eigenvalue weighted by Gasteiger charge is -2.29. The summed E-state index contributed by atoms with van der Waals surface area (Å²) < 4.78 is 25.8. The average Bonchev–Trinajstić information content (AvgIpc) is 2.01. The Balaban J connectivity index is 2.42. The molecule has 0 radical (unpaired) electrons. The van der Waals surface area contributed by atoms with Gasteiger partial charge in [0.05, 0.1) is 6.04 Å². The van der Waals surface area contributed by atoms with E-state index < -0.39 is 18.0 Å². The molecule has 1 amide bonds. The standard InChI is InChI=1S/C9H16F2N2O/c1-6(12)8(14)13-7-3-2-4-9(10,11)5-7/h6-7H,2-5,12H2,1H3,(H,13,14). The topological polar surface area (TPSA) is 55.1 Å². The minimum absolute atomic E-state index is 0.0719. The summed E-state index contributed by atoms with van der Waals surface area (Å²) in [6.07, 6.45) is 0.744. The van der Waals surface area contributed by atoms with Gasteiger partial charge in [0, 0.05) is 18.9 Å². The highest BCUT2D eigenvalue weighted by Crippen LogP contribution is 2.32. The molecule has 1 aliphatic carbocycles. The Labute approximate surface area is 82.0 Å². The fourth-order valence-corrected chi connectivity index (χ4v) is 1.63. The lowest BCUT2D eigenvalue weighted by atomic mass is 9.92. The summed E-state index contributed by atoms with van der Waals surface area (Å²) in [6.45, 7) is 1.54. The molecule has 14 heavy (non-hydrogen) atoms. The van der Waals surface area contributed by atoms with Gasteiger partial charge in [-0.2, -0.15) is 0 Å². The molecule has 1 rings (SSSR count). The van der Waals surface area contributed by atoms with Gasteiger partial charge < -0.3 is 11.1 Å². The highest BCUT2D eigenvalue weighted by atomic mass is 19.3. The smallest absolute Gasteiger partial charge is 0.250 e. The third kappa shape index (κ3) is 3.21. The molecule has 82 valence electrons. The number of carbonyl (C=O) groups is 1. The molecule has 0 saturated heterocycles. The van der Waals surface area contributed by atoms with Crippen molar-refractivity contribution in [2.24, 2.45) is 5.73 Å². The van der Waals surface area contributed by atoms with Crippen molar-refractivity contribution >= 4 is 5.91 Å². The maximum Gasteiger partial charge on any atom is 0.250 e. The summed E-state index contributed by atoms with van der Waals surface area (Å²) in [6, 6.07) is -1.05. The molecule has 2 unspecified atom stereocenters. The highest BCUT2D eigenvalue weighted by Gasteiger charge is 2.36. The van der Waals surface area contributed by atoms with Crippen LogP contribution in [0.3, 0.4) is 0 Å². The van der Waals surface area contributed by atoms with Crippen LogP contribution in [-0.4, -0.2) is 23.9 Å². The van der Waals surface area contributed by atoms with Crippen molar-refractivity contribution in [1.82, 2.24) is 5.32 Å². The van der Waals surface area contributed by atoms with E-state index in [0.29, 0.717) is 12.8 Å². The zero-order valence-corrected chi connectivity index (χ0v) is 8.22. The van der Waals surface area contributed by atoms with Gasteiger partial charge >= 0.3 is 0 Å². The zero-order chi connectivity index (χ0) is 10.8. The number of hydrogen-bond acceptors (Lipinski definition) is 2. The third-order valence-corrected chi connectivity index (χ3v) is 2.40. The van der Waals surface area contributed by atoms with Crippen molar-refractivity contribution in [1.29, 1.82) is 0 Å². The Morgan fingerprint density at radius 1 is 1.64 bits per heavy atom. The summed E-state index contributed by atoms with van der Waals surface area (Å²) in [5, 5.41) is 2.53. The minimum Gasteiger partial charge on any atom is -0.352 e. The van der Waals surface area contributed by atoms with Gasteiger partial charge in [0.15, 0.2) is 0 Å². The molecule has 1 saturated carbocycles. The minimum atomic E-state index is -2.63. The second kappa shape index (κ2) is 4.21. The third-order valence-electron chi connectivity index (χ3n) is 2.40. The summed E-state index contributed by atoms with van der Waals surface area (Å²) in [4.78, 5) is 11.1. The van der Waals surface area contributed by atoms with E-state index in [9.17, 15) is 13.6 Å². The lowest BCUT2D eigenvalue weighted by Crippen LogP contribution is -2.47. The Bertz CT molecular complexity index is 219. The fourth-order valence-electron chi connectivity index (χ4n) is 1.63. The van der Waals surface area contributed by atoms with E-state index in [1.807, 2.05) is 0 Å². The number of rotatable bonds is 2. The second-order valence-corrected chi connectivity index (χ2v) is 3.95. The Kier molecular flexibility index (Phi) is 3.42. The van der Waals surface area contributed by atoms with Crippen molar-refractivity contribution in [3.8, 4) is 0 Å². The normalized spacial score (nSPS) is 28.1. The monoisotopic (exact) mass is 206 g/mol. The van der Waals surface area contributed by atoms with E-state index >= 15 is 0 Å². The Hall–Kier alpha value is -0.710. The van der Waals surface area contributed by atoms with E-state index in [2.05, 4.69) is 5.32 Å². The molecule has 0 bridgehead atoms. The van der Waals surface area contributed by atoms with E-state index in [1.165, 1.54) is 6.92 Å². The van der Waals surface area contributed by atoms with E-state index in [4.69, 9.17) is 5.73 Å².